The number of carbonyl (C=O) groups excluding carboxylic acids is 2. The Morgan fingerprint density at radius 3 is 2.67 bits per heavy atom. The van der Waals surface area contributed by atoms with Crippen molar-refractivity contribution in [2.45, 2.75) is 25.4 Å². The van der Waals surface area contributed by atoms with Gasteiger partial charge >= 0.3 is 0 Å². The number of benzene rings is 2. The molecule has 0 aliphatic carbocycles. The highest BCUT2D eigenvalue weighted by Gasteiger charge is 2.46. The molecule has 3 aliphatic heterocycles. The Morgan fingerprint density at radius 1 is 1.13 bits per heavy atom. The highest BCUT2D eigenvalue weighted by atomic mass is 19.1. The molecule has 0 atom stereocenters. The molecule has 0 radical (unpaired) electrons. The van der Waals surface area contributed by atoms with Crippen LogP contribution in [0.4, 0.5) is 10.1 Å². The Kier molecular flexibility index (Phi) is 4.30. The molecular formula is C22H22FN3O4. The molecule has 1 spiro atoms. The van der Waals surface area contributed by atoms with E-state index in [9.17, 15) is 14.0 Å². The van der Waals surface area contributed by atoms with Crippen LogP contribution >= 0.6 is 0 Å². The van der Waals surface area contributed by atoms with Crippen molar-refractivity contribution in [2.75, 3.05) is 31.3 Å². The maximum atomic E-state index is 13.7. The fourth-order valence-electron chi connectivity index (χ4n) is 4.66. The summed E-state index contributed by atoms with van der Waals surface area (Å²) in [5, 5.41) is 3.10. The van der Waals surface area contributed by atoms with E-state index >= 15 is 0 Å². The molecule has 2 amide bonds. The topological polar surface area (TPSA) is 71.1 Å². The Balaban J connectivity index is 1.36. The van der Waals surface area contributed by atoms with Gasteiger partial charge in [0.25, 0.3) is 11.8 Å². The maximum Gasteiger partial charge on any atom is 0.255 e. The zero-order valence-electron chi connectivity index (χ0n) is 16.6. The molecule has 1 fully saturated rings. The van der Waals surface area contributed by atoms with Gasteiger partial charge in [0, 0.05) is 38.0 Å². The number of carbonyl (C=O) groups is 2. The number of halogens is 1. The molecule has 0 saturated carbocycles. The van der Waals surface area contributed by atoms with Gasteiger partial charge in [-0.25, -0.2) is 4.39 Å². The summed E-state index contributed by atoms with van der Waals surface area (Å²) in [7, 11) is 0. The van der Waals surface area contributed by atoms with E-state index in [2.05, 4.69) is 10.2 Å². The fraction of sp³-hybridized carbons (Fsp3) is 0.364. The van der Waals surface area contributed by atoms with E-state index < -0.39 is 11.5 Å². The van der Waals surface area contributed by atoms with Crippen molar-refractivity contribution in [1.82, 2.24) is 10.2 Å². The lowest BCUT2D eigenvalue weighted by atomic mass is 9.89. The molecule has 0 unspecified atom stereocenters. The fourth-order valence-corrected chi connectivity index (χ4v) is 4.66. The van der Waals surface area contributed by atoms with Crippen LogP contribution in [-0.4, -0.2) is 48.8 Å². The molecule has 2 aromatic carbocycles. The first-order valence-electron chi connectivity index (χ1n) is 10.1. The van der Waals surface area contributed by atoms with Crippen LogP contribution in [0.25, 0.3) is 0 Å². The highest BCUT2D eigenvalue weighted by molar-refractivity contribution is 6.02. The van der Waals surface area contributed by atoms with Crippen LogP contribution in [0.2, 0.25) is 0 Å². The zero-order valence-corrected chi connectivity index (χ0v) is 16.6. The standard InChI is InChI=1S/C22H22FN3O4/c1-2-26-17-5-4-15(23)12-16(17)20(27)24-22(26)7-9-25(10-8-22)21(28)14-3-6-18-19(11-14)30-13-29-18/h3-6,11-12H,2,7-10,13H2,1H3,(H,24,27). The number of rotatable bonds is 2. The molecule has 8 heteroatoms. The summed E-state index contributed by atoms with van der Waals surface area (Å²) < 4.78 is 24.3. The first kappa shape index (κ1) is 18.7. The number of hydrogen-bond acceptors (Lipinski definition) is 5. The van der Waals surface area contributed by atoms with E-state index in [1.807, 2.05) is 6.92 Å². The smallest absolute Gasteiger partial charge is 0.255 e. The van der Waals surface area contributed by atoms with E-state index in [1.165, 1.54) is 12.1 Å². The van der Waals surface area contributed by atoms with Crippen LogP contribution in [0.3, 0.4) is 0 Å². The van der Waals surface area contributed by atoms with Gasteiger partial charge in [-0.2, -0.15) is 0 Å². The summed E-state index contributed by atoms with van der Waals surface area (Å²) in [6.07, 6.45) is 1.17. The van der Waals surface area contributed by atoms with Crippen LogP contribution in [0.1, 0.15) is 40.5 Å². The van der Waals surface area contributed by atoms with E-state index in [-0.39, 0.29) is 18.6 Å². The predicted molar refractivity (Wildman–Crippen MR) is 107 cm³/mol. The van der Waals surface area contributed by atoms with Crippen molar-refractivity contribution >= 4 is 17.5 Å². The maximum absolute atomic E-state index is 13.7. The Morgan fingerprint density at radius 2 is 1.90 bits per heavy atom. The number of hydrogen-bond donors (Lipinski definition) is 1. The number of amides is 2. The third-order valence-corrected chi connectivity index (χ3v) is 6.17. The number of nitrogens with zero attached hydrogens (tertiary/aromatic N) is 2. The van der Waals surface area contributed by atoms with Gasteiger partial charge < -0.3 is 24.6 Å². The van der Waals surface area contributed by atoms with Crippen molar-refractivity contribution in [1.29, 1.82) is 0 Å². The van der Waals surface area contributed by atoms with Crippen molar-refractivity contribution in [2.24, 2.45) is 0 Å². The van der Waals surface area contributed by atoms with Crippen LogP contribution in [0, 0.1) is 5.82 Å². The van der Waals surface area contributed by atoms with Gasteiger partial charge in [-0.3, -0.25) is 9.59 Å². The molecule has 0 aromatic heterocycles. The summed E-state index contributed by atoms with van der Waals surface area (Å²) in [5.41, 5.74) is 1.05. The number of nitrogens with one attached hydrogen (secondary N) is 1. The van der Waals surface area contributed by atoms with Crippen LogP contribution in [0.15, 0.2) is 36.4 Å². The number of ether oxygens (including phenoxy) is 2. The van der Waals surface area contributed by atoms with Crippen molar-refractivity contribution in [3.05, 3.63) is 53.3 Å². The number of piperidine rings is 1. The van der Waals surface area contributed by atoms with Gasteiger partial charge in [0.15, 0.2) is 11.5 Å². The number of anilines is 1. The Labute approximate surface area is 173 Å². The highest BCUT2D eigenvalue weighted by Crippen LogP contribution is 2.38. The molecule has 2 aromatic rings. The second-order valence-corrected chi connectivity index (χ2v) is 7.75. The average Bonchev–Trinajstić information content (AvgIpc) is 3.22. The zero-order chi connectivity index (χ0) is 20.9. The SMILES string of the molecule is CCN1c2ccc(F)cc2C(=O)NC12CCN(C(=O)c1ccc3c(c1)OCO3)CC2. The molecule has 1 N–H and O–H groups in total. The van der Waals surface area contributed by atoms with E-state index in [4.69, 9.17) is 9.47 Å². The lowest BCUT2D eigenvalue weighted by Gasteiger charge is -2.52. The van der Waals surface area contributed by atoms with Gasteiger partial charge in [0.2, 0.25) is 6.79 Å². The van der Waals surface area contributed by atoms with Crippen molar-refractivity contribution < 1.29 is 23.5 Å². The molecule has 3 aliphatic rings. The molecule has 5 rings (SSSR count). The molecule has 156 valence electrons. The van der Waals surface area contributed by atoms with Crippen molar-refractivity contribution in [3.63, 3.8) is 0 Å². The predicted octanol–water partition coefficient (Wildman–Crippen LogP) is 2.76. The molecule has 3 heterocycles. The molecule has 30 heavy (non-hydrogen) atoms. The summed E-state index contributed by atoms with van der Waals surface area (Å²) in [4.78, 5) is 29.6. The van der Waals surface area contributed by atoms with Crippen LogP contribution in [0.5, 0.6) is 11.5 Å². The first-order valence-corrected chi connectivity index (χ1v) is 10.1. The second kappa shape index (κ2) is 6.90. The molecule has 7 nitrogen and oxygen atoms in total. The number of fused-ring (bicyclic) bond motifs is 2. The minimum atomic E-state index is -0.581. The monoisotopic (exact) mass is 411 g/mol. The Bertz CT molecular complexity index is 1030. The minimum absolute atomic E-state index is 0.0733. The van der Waals surface area contributed by atoms with E-state index in [1.54, 1.807) is 29.2 Å². The summed E-state index contributed by atoms with van der Waals surface area (Å²) in [6, 6.07) is 9.52. The van der Waals surface area contributed by atoms with Crippen LogP contribution < -0.4 is 19.7 Å². The quantitative estimate of drug-likeness (QED) is 0.823. The van der Waals surface area contributed by atoms with Crippen LogP contribution in [-0.2, 0) is 0 Å². The van der Waals surface area contributed by atoms with E-state index in [0.717, 1.165) is 5.69 Å². The second-order valence-electron chi connectivity index (χ2n) is 7.75. The molecule has 1 saturated heterocycles. The first-order chi connectivity index (χ1) is 14.5. The third-order valence-electron chi connectivity index (χ3n) is 6.17. The van der Waals surface area contributed by atoms with Gasteiger partial charge in [-0.1, -0.05) is 0 Å². The van der Waals surface area contributed by atoms with E-state index in [0.29, 0.717) is 55.1 Å². The lowest BCUT2D eigenvalue weighted by Crippen LogP contribution is -2.68. The number of likely N-dealkylation sites (tertiary alicyclic amines) is 1. The molecule has 0 bridgehead atoms. The third kappa shape index (κ3) is 2.86. The Hall–Kier alpha value is -3.29. The van der Waals surface area contributed by atoms with Gasteiger partial charge in [-0.15, -0.1) is 0 Å². The average molecular weight is 411 g/mol. The van der Waals surface area contributed by atoms with Gasteiger partial charge in [0.05, 0.1) is 11.3 Å². The van der Waals surface area contributed by atoms with Gasteiger partial charge in [-0.05, 0) is 43.3 Å². The molecular weight excluding hydrogens is 389 g/mol. The minimum Gasteiger partial charge on any atom is -0.454 e. The summed E-state index contributed by atoms with van der Waals surface area (Å²) in [6.45, 7) is 3.84. The van der Waals surface area contributed by atoms with Crippen molar-refractivity contribution in [3.8, 4) is 11.5 Å². The lowest BCUT2D eigenvalue weighted by molar-refractivity contribution is 0.0603. The summed E-state index contributed by atoms with van der Waals surface area (Å²) in [5.74, 6) is 0.443. The van der Waals surface area contributed by atoms with Gasteiger partial charge in [0.1, 0.15) is 11.5 Å². The summed E-state index contributed by atoms with van der Waals surface area (Å²) >= 11 is 0. The normalized spacial score (nSPS) is 18.9. The largest absolute Gasteiger partial charge is 0.454 e.